The lowest BCUT2D eigenvalue weighted by atomic mass is 9.94. The fourth-order valence-corrected chi connectivity index (χ4v) is 6.08. The van der Waals surface area contributed by atoms with Crippen LogP contribution in [0.4, 0.5) is 11.4 Å². The Morgan fingerprint density at radius 1 is 0.761 bits per heavy atom. The van der Waals surface area contributed by atoms with E-state index in [1.165, 1.54) is 5.56 Å². The molecular weight excluding hydrogens is 576 g/mol. The SMILES string of the molecule is CNCc1cnc(C(=O)Nc2cccc(-c3cccc(NC(=O)c4cc(C5CC5)c(CNCCO)cn4)c3C)c2C)cc1C1CC1. The van der Waals surface area contributed by atoms with Crippen molar-refractivity contribution in [1.82, 2.24) is 20.6 Å². The van der Waals surface area contributed by atoms with E-state index in [4.69, 9.17) is 5.11 Å². The van der Waals surface area contributed by atoms with Crippen molar-refractivity contribution in [3.05, 3.63) is 106 Å². The number of aromatic nitrogens is 2. The van der Waals surface area contributed by atoms with E-state index in [0.29, 0.717) is 42.0 Å². The number of hydrogen-bond acceptors (Lipinski definition) is 7. The van der Waals surface area contributed by atoms with Crippen molar-refractivity contribution in [2.75, 3.05) is 30.8 Å². The van der Waals surface area contributed by atoms with Gasteiger partial charge in [-0.1, -0.05) is 24.3 Å². The third-order valence-electron chi connectivity index (χ3n) is 8.97. The summed E-state index contributed by atoms with van der Waals surface area (Å²) in [5.74, 6) is 0.474. The minimum Gasteiger partial charge on any atom is -0.395 e. The summed E-state index contributed by atoms with van der Waals surface area (Å²) in [4.78, 5) is 35.7. The lowest BCUT2D eigenvalue weighted by Gasteiger charge is -2.17. The highest BCUT2D eigenvalue weighted by molar-refractivity contribution is 6.05. The number of anilines is 2. The van der Waals surface area contributed by atoms with E-state index in [9.17, 15) is 9.59 Å². The molecule has 4 aromatic rings. The largest absolute Gasteiger partial charge is 0.395 e. The fourth-order valence-electron chi connectivity index (χ4n) is 6.08. The number of pyridine rings is 2. The third kappa shape index (κ3) is 7.02. The summed E-state index contributed by atoms with van der Waals surface area (Å²) in [6.07, 6.45) is 8.11. The molecule has 6 rings (SSSR count). The van der Waals surface area contributed by atoms with Gasteiger partial charge in [0, 0.05) is 43.4 Å². The van der Waals surface area contributed by atoms with Gasteiger partial charge in [0.2, 0.25) is 0 Å². The maximum atomic E-state index is 13.4. The summed E-state index contributed by atoms with van der Waals surface area (Å²) < 4.78 is 0. The molecule has 0 bridgehead atoms. The third-order valence-corrected chi connectivity index (χ3v) is 8.97. The fraction of sp³-hybridized carbons (Fsp3) is 0.351. The van der Waals surface area contributed by atoms with Crippen molar-refractivity contribution in [2.45, 2.75) is 64.5 Å². The van der Waals surface area contributed by atoms with E-state index in [2.05, 4.69) is 31.2 Å². The zero-order valence-electron chi connectivity index (χ0n) is 26.7. The maximum absolute atomic E-state index is 13.4. The molecule has 0 aliphatic heterocycles. The van der Waals surface area contributed by atoms with E-state index in [0.717, 1.165) is 76.9 Å². The quantitative estimate of drug-likeness (QED) is 0.120. The lowest BCUT2D eigenvalue weighted by molar-refractivity contribution is 0.101. The van der Waals surface area contributed by atoms with Crippen molar-refractivity contribution >= 4 is 23.2 Å². The van der Waals surface area contributed by atoms with Gasteiger partial charge in [0.15, 0.2) is 0 Å². The predicted octanol–water partition coefficient (Wildman–Crippen LogP) is 5.82. The second-order valence-electron chi connectivity index (χ2n) is 12.4. The molecule has 238 valence electrons. The van der Waals surface area contributed by atoms with Gasteiger partial charge in [0.25, 0.3) is 11.8 Å². The standard InChI is InChI=1S/C37H42N6O3/c1-22-28(6-4-8-32(22)42-36(45)34-16-30(24-10-11-24)26(18-38-3)20-40-34)29-7-5-9-33(23(29)2)43-37(46)35-17-31(25-12-13-25)27(21-41-35)19-39-14-15-44/h4-9,16-17,20-21,24-25,38-39,44H,10-15,18-19H2,1-3H3,(H,42,45)(H,43,46). The molecule has 2 aromatic heterocycles. The number of amides is 2. The van der Waals surface area contributed by atoms with Gasteiger partial charge >= 0.3 is 0 Å². The highest BCUT2D eigenvalue weighted by atomic mass is 16.3. The molecule has 9 heteroatoms. The number of carbonyl (C=O) groups excluding carboxylic acids is 2. The highest BCUT2D eigenvalue weighted by Gasteiger charge is 2.28. The van der Waals surface area contributed by atoms with Crippen LogP contribution >= 0.6 is 0 Å². The number of aliphatic hydroxyl groups excluding tert-OH is 1. The highest BCUT2D eigenvalue weighted by Crippen LogP contribution is 2.43. The molecule has 2 amide bonds. The second-order valence-corrected chi connectivity index (χ2v) is 12.4. The number of carbonyl (C=O) groups is 2. The van der Waals surface area contributed by atoms with Crippen LogP contribution in [-0.2, 0) is 13.1 Å². The molecule has 0 unspecified atom stereocenters. The Labute approximate surface area is 270 Å². The van der Waals surface area contributed by atoms with E-state index < -0.39 is 0 Å². The van der Waals surface area contributed by atoms with Crippen LogP contribution in [0.1, 0.15) is 91.9 Å². The van der Waals surface area contributed by atoms with Crippen LogP contribution in [0.15, 0.2) is 60.9 Å². The predicted molar refractivity (Wildman–Crippen MR) is 181 cm³/mol. The normalized spacial score (nSPS) is 14.3. The Kier molecular flexibility index (Phi) is 9.53. The monoisotopic (exact) mass is 618 g/mol. The molecule has 2 aliphatic carbocycles. The molecule has 0 radical (unpaired) electrons. The Balaban J connectivity index is 1.20. The van der Waals surface area contributed by atoms with Crippen molar-refractivity contribution in [3.63, 3.8) is 0 Å². The maximum Gasteiger partial charge on any atom is 0.274 e. The molecule has 2 heterocycles. The Bertz CT molecular complexity index is 1760. The van der Waals surface area contributed by atoms with E-state index in [1.807, 2.05) is 75.6 Å². The molecule has 5 N–H and O–H groups in total. The van der Waals surface area contributed by atoms with Crippen LogP contribution < -0.4 is 21.3 Å². The summed E-state index contributed by atoms with van der Waals surface area (Å²) in [5, 5.41) is 21.7. The molecule has 2 aromatic carbocycles. The Hall–Kier alpha value is -4.44. The lowest BCUT2D eigenvalue weighted by Crippen LogP contribution is -2.20. The van der Waals surface area contributed by atoms with Crippen LogP contribution in [0.2, 0.25) is 0 Å². The summed E-state index contributed by atoms with van der Waals surface area (Å²) in [6.45, 7) is 5.92. The smallest absolute Gasteiger partial charge is 0.274 e. The first-order valence-electron chi connectivity index (χ1n) is 16.1. The Morgan fingerprint density at radius 3 is 1.67 bits per heavy atom. The zero-order chi connectivity index (χ0) is 32.2. The Morgan fingerprint density at radius 2 is 1.24 bits per heavy atom. The molecule has 46 heavy (non-hydrogen) atoms. The second kappa shape index (κ2) is 13.9. The van der Waals surface area contributed by atoms with Gasteiger partial charge in [-0.15, -0.1) is 0 Å². The molecular formula is C37H42N6O3. The summed E-state index contributed by atoms with van der Waals surface area (Å²) in [7, 11) is 1.92. The van der Waals surface area contributed by atoms with Gasteiger partial charge in [-0.3, -0.25) is 19.6 Å². The average Bonchev–Trinajstić information content (AvgIpc) is 3.98. The summed E-state index contributed by atoms with van der Waals surface area (Å²) >= 11 is 0. The first-order chi connectivity index (χ1) is 22.4. The van der Waals surface area contributed by atoms with Gasteiger partial charge in [0.05, 0.1) is 6.61 Å². The van der Waals surface area contributed by atoms with Gasteiger partial charge in [-0.25, -0.2) is 0 Å². The minimum absolute atomic E-state index is 0.0773. The number of nitrogens with one attached hydrogen (secondary N) is 4. The van der Waals surface area contributed by atoms with Gasteiger partial charge in [0.1, 0.15) is 11.4 Å². The molecule has 0 saturated heterocycles. The number of rotatable bonds is 13. The number of aliphatic hydroxyl groups is 1. The van der Waals surface area contributed by atoms with E-state index in [1.54, 1.807) is 6.20 Å². The first-order valence-corrected chi connectivity index (χ1v) is 16.1. The summed E-state index contributed by atoms with van der Waals surface area (Å²) in [5.41, 5.74) is 10.6. The molecule has 2 fully saturated rings. The molecule has 0 spiro atoms. The molecule has 2 saturated carbocycles. The van der Waals surface area contributed by atoms with E-state index in [-0.39, 0.29) is 18.4 Å². The molecule has 0 atom stereocenters. The molecule has 2 aliphatic rings. The van der Waals surface area contributed by atoms with Crippen LogP contribution in [0.5, 0.6) is 0 Å². The van der Waals surface area contributed by atoms with Crippen LogP contribution in [-0.4, -0.2) is 47.1 Å². The zero-order valence-corrected chi connectivity index (χ0v) is 26.7. The average molecular weight is 619 g/mol. The van der Waals surface area contributed by atoms with Crippen molar-refractivity contribution in [1.29, 1.82) is 0 Å². The minimum atomic E-state index is -0.256. The van der Waals surface area contributed by atoms with Crippen molar-refractivity contribution in [2.24, 2.45) is 0 Å². The molecule has 9 nitrogen and oxygen atoms in total. The van der Waals surface area contributed by atoms with Crippen LogP contribution in [0, 0.1) is 13.8 Å². The van der Waals surface area contributed by atoms with Gasteiger partial charge in [-0.05, 0) is 127 Å². The first kappa shape index (κ1) is 31.5. The van der Waals surface area contributed by atoms with Crippen LogP contribution in [0.3, 0.4) is 0 Å². The van der Waals surface area contributed by atoms with Gasteiger partial charge < -0.3 is 26.4 Å². The van der Waals surface area contributed by atoms with Crippen molar-refractivity contribution in [3.8, 4) is 11.1 Å². The number of nitrogens with zero attached hydrogens (tertiary/aromatic N) is 2. The van der Waals surface area contributed by atoms with Gasteiger partial charge in [-0.2, -0.15) is 0 Å². The topological polar surface area (TPSA) is 128 Å². The number of hydrogen-bond donors (Lipinski definition) is 5. The van der Waals surface area contributed by atoms with E-state index >= 15 is 0 Å². The number of benzene rings is 2. The van der Waals surface area contributed by atoms with Crippen molar-refractivity contribution < 1.29 is 14.7 Å². The summed E-state index contributed by atoms with van der Waals surface area (Å²) in [6, 6.07) is 15.6. The van der Waals surface area contributed by atoms with Crippen LogP contribution in [0.25, 0.3) is 11.1 Å².